The third-order valence-electron chi connectivity index (χ3n) is 3.59. The molecule has 0 saturated carbocycles. The van der Waals surface area contributed by atoms with Crippen LogP contribution in [-0.2, 0) is 6.42 Å². The fourth-order valence-electron chi connectivity index (χ4n) is 2.43. The number of hydrogen-bond acceptors (Lipinski definition) is 4. The molecule has 0 saturated heterocycles. The molecule has 0 bridgehead atoms. The maximum Gasteiger partial charge on any atom is 0.133 e. The van der Waals surface area contributed by atoms with Gasteiger partial charge in [-0.15, -0.1) is 11.8 Å². The standard InChI is InChI=1S/C16H17FN2OS/c17-12-6-2-1-5-11(12)9-13(19-18)15-10-21-16-8-4-3-7-14(16)20-15/h1-8,13,15,19H,9-10,18H2. The molecule has 0 aliphatic carbocycles. The Bertz CT molecular complexity index is 623. The van der Waals surface area contributed by atoms with Crippen molar-refractivity contribution < 1.29 is 9.13 Å². The lowest BCUT2D eigenvalue weighted by Crippen LogP contribution is -2.50. The summed E-state index contributed by atoms with van der Waals surface area (Å²) in [4.78, 5) is 1.13. The predicted molar refractivity (Wildman–Crippen MR) is 82.8 cm³/mol. The van der Waals surface area contributed by atoms with E-state index in [-0.39, 0.29) is 18.0 Å². The van der Waals surface area contributed by atoms with Crippen molar-refractivity contribution in [1.82, 2.24) is 5.43 Å². The van der Waals surface area contributed by atoms with Crippen LogP contribution in [0, 0.1) is 5.82 Å². The molecule has 1 aliphatic rings. The number of para-hydroxylation sites is 1. The number of rotatable bonds is 4. The van der Waals surface area contributed by atoms with Crippen molar-refractivity contribution >= 4 is 11.8 Å². The van der Waals surface area contributed by atoms with Crippen molar-refractivity contribution in [2.75, 3.05) is 5.75 Å². The highest BCUT2D eigenvalue weighted by atomic mass is 32.2. The zero-order valence-corrected chi connectivity index (χ0v) is 12.3. The molecular weight excluding hydrogens is 287 g/mol. The minimum Gasteiger partial charge on any atom is -0.487 e. The minimum absolute atomic E-state index is 0.0884. The van der Waals surface area contributed by atoms with Gasteiger partial charge in [0.05, 0.1) is 6.04 Å². The van der Waals surface area contributed by atoms with E-state index in [9.17, 15) is 4.39 Å². The molecule has 3 nitrogen and oxygen atoms in total. The number of fused-ring (bicyclic) bond motifs is 1. The summed E-state index contributed by atoms with van der Waals surface area (Å²) in [6.07, 6.45) is 0.408. The van der Waals surface area contributed by atoms with E-state index in [1.807, 2.05) is 30.3 Å². The molecule has 0 radical (unpaired) electrons. The number of nitrogens with one attached hydrogen (secondary N) is 1. The van der Waals surface area contributed by atoms with E-state index in [0.717, 1.165) is 16.4 Å². The number of nitrogens with two attached hydrogens (primary N) is 1. The highest BCUT2D eigenvalue weighted by Gasteiger charge is 2.28. The zero-order chi connectivity index (χ0) is 14.7. The minimum atomic E-state index is -0.207. The maximum atomic E-state index is 13.8. The third-order valence-corrected chi connectivity index (χ3v) is 4.73. The van der Waals surface area contributed by atoms with Gasteiger partial charge in [0.2, 0.25) is 0 Å². The first-order valence-corrected chi connectivity index (χ1v) is 7.84. The van der Waals surface area contributed by atoms with Gasteiger partial charge in [-0.3, -0.25) is 11.3 Å². The smallest absolute Gasteiger partial charge is 0.133 e. The molecule has 2 atom stereocenters. The van der Waals surface area contributed by atoms with Gasteiger partial charge < -0.3 is 4.74 Å². The van der Waals surface area contributed by atoms with Crippen LogP contribution in [0.3, 0.4) is 0 Å². The van der Waals surface area contributed by atoms with Crippen LogP contribution in [0.25, 0.3) is 0 Å². The molecule has 21 heavy (non-hydrogen) atoms. The van der Waals surface area contributed by atoms with Gasteiger partial charge in [0.1, 0.15) is 17.7 Å². The van der Waals surface area contributed by atoms with Crippen LogP contribution >= 0.6 is 11.8 Å². The van der Waals surface area contributed by atoms with Crippen molar-refractivity contribution in [3.05, 3.63) is 59.9 Å². The topological polar surface area (TPSA) is 47.3 Å². The van der Waals surface area contributed by atoms with Crippen LogP contribution in [-0.4, -0.2) is 17.9 Å². The molecule has 3 N–H and O–H groups in total. The van der Waals surface area contributed by atoms with Gasteiger partial charge in [0, 0.05) is 10.6 Å². The van der Waals surface area contributed by atoms with Gasteiger partial charge in [-0.1, -0.05) is 30.3 Å². The Morgan fingerprint density at radius 3 is 2.81 bits per heavy atom. The number of ether oxygens (including phenoxy) is 1. The molecule has 5 heteroatoms. The Morgan fingerprint density at radius 1 is 1.24 bits per heavy atom. The fourth-order valence-corrected chi connectivity index (χ4v) is 3.51. The summed E-state index contributed by atoms with van der Waals surface area (Å²) < 4.78 is 19.8. The lowest BCUT2D eigenvalue weighted by Gasteiger charge is -2.31. The van der Waals surface area contributed by atoms with Crippen molar-refractivity contribution in [3.8, 4) is 5.75 Å². The molecule has 0 aromatic heterocycles. The first-order valence-electron chi connectivity index (χ1n) is 6.86. The summed E-state index contributed by atoms with van der Waals surface area (Å²) in [6.45, 7) is 0. The Morgan fingerprint density at radius 2 is 2.00 bits per heavy atom. The quantitative estimate of drug-likeness (QED) is 0.673. The van der Waals surface area contributed by atoms with Gasteiger partial charge in [0.15, 0.2) is 0 Å². The Kier molecular flexibility index (Phi) is 4.43. The van der Waals surface area contributed by atoms with Gasteiger partial charge in [-0.05, 0) is 30.2 Å². The molecule has 0 spiro atoms. The van der Waals surface area contributed by atoms with E-state index in [1.54, 1.807) is 23.9 Å². The van der Waals surface area contributed by atoms with Crippen molar-refractivity contribution in [1.29, 1.82) is 0 Å². The second-order valence-corrected chi connectivity index (χ2v) is 6.04. The lowest BCUT2D eigenvalue weighted by molar-refractivity contribution is 0.165. The molecule has 0 amide bonds. The Hall–Kier alpha value is -1.56. The van der Waals surface area contributed by atoms with Crippen LogP contribution in [0.15, 0.2) is 53.4 Å². The molecule has 2 unspecified atom stereocenters. The largest absolute Gasteiger partial charge is 0.487 e. The van der Waals surface area contributed by atoms with Gasteiger partial charge in [0.25, 0.3) is 0 Å². The van der Waals surface area contributed by atoms with Crippen LogP contribution in [0.2, 0.25) is 0 Å². The third kappa shape index (κ3) is 3.20. The van der Waals surface area contributed by atoms with Crippen LogP contribution in [0.1, 0.15) is 5.56 Å². The number of thioether (sulfide) groups is 1. The SMILES string of the molecule is NNC(Cc1ccccc1F)C1CSc2ccccc2O1. The highest BCUT2D eigenvalue weighted by Crippen LogP contribution is 2.36. The maximum absolute atomic E-state index is 13.8. The van der Waals surface area contributed by atoms with Crippen molar-refractivity contribution in [2.45, 2.75) is 23.5 Å². The molecule has 3 rings (SSSR count). The second kappa shape index (κ2) is 6.47. The summed E-state index contributed by atoms with van der Waals surface area (Å²) in [5.41, 5.74) is 3.42. The predicted octanol–water partition coefficient (Wildman–Crippen LogP) is 2.75. The summed E-state index contributed by atoms with van der Waals surface area (Å²) in [5.74, 6) is 7.11. The molecule has 2 aromatic rings. The van der Waals surface area contributed by atoms with Gasteiger partial charge >= 0.3 is 0 Å². The van der Waals surface area contributed by atoms with Crippen molar-refractivity contribution in [3.63, 3.8) is 0 Å². The monoisotopic (exact) mass is 304 g/mol. The molecule has 2 aromatic carbocycles. The average Bonchev–Trinajstić information content (AvgIpc) is 2.54. The van der Waals surface area contributed by atoms with E-state index in [4.69, 9.17) is 10.6 Å². The normalized spacial score (nSPS) is 18.7. The average molecular weight is 304 g/mol. The van der Waals surface area contributed by atoms with Crippen LogP contribution in [0.4, 0.5) is 4.39 Å². The molecule has 110 valence electrons. The first kappa shape index (κ1) is 14.4. The van der Waals surface area contributed by atoms with Crippen molar-refractivity contribution in [2.24, 2.45) is 5.84 Å². The molecule has 1 aliphatic heterocycles. The number of halogens is 1. The zero-order valence-electron chi connectivity index (χ0n) is 11.5. The number of hydrazine groups is 1. The first-order chi connectivity index (χ1) is 10.3. The lowest BCUT2D eigenvalue weighted by atomic mass is 10.0. The summed E-state index contributed by atoms with van der Waals surface area (Å²) >= 11 is 1.74. The van der Waals surface area contributed by atoms with E-state index in [2.05, 4.69) is 5.43 Å². The molecule has 1 heterocycles. The number of hydrogen-bond donors (Lipinski definition) is 2. The fraction of sp³-hybridized carbons (Fsp3) is 0.250. The second-order valence-electron chi connectivity index (χ2n) is 4.98. The molecular formula is C16H17FN2OS. The van der Waals surface area contributed by atoms with E-state index in [1.165, 1.54) is 6.07 Å². The number of benzene rings is 2. The van der Waals surface area contributed by atoms with Gasteiger partial charge in [-0.2, -0.15) is 0 Å². The van der Waals surface area contributed by atoms with E-state index >= 15 is 0 Å². The highest BCUT2D eigenvalue weighted by molar-refractivity contribution is 7.99. The van der Waals surface area contributed by atoms with E-state index < -0.39 is 0 Å². The van der Waals surface area contributed by atoms with Gasteiger partial charge in [-0.25, -0.2) is 4.39 Å². The Balaban J connectivity index is 1.74. The summed E-state index contributed by atoms with van der Waals surface area (Å²) in [5, 5.41) is 0. The van der Waals surface area contributed by atoms with E-state index in [0.29, 0.717) is 12.0 Å². The molecule has 0 fully saturated rings. The van der Waals surface area contributed by atoms with Crippen LogP contribution < -0.4 is 16.0 Å². The Labute approximate surface area is 127 Å². The van der Waals surface area contributed by atoms with Crippen LogP contribution in [0.5, 0.6) is 5.75 Å². The summed E-state index contributed by atoms with van der Waals surface area (Å²) in [7, 11) is 0. The summed E-state index contributed by atoms with van der Waals surface area (Å²) in [6, 6.07) is 14.6.